The van der Waals surface area contributed by atoms with Crippen molar-refractivity contribution in [2.75, 3.05) is 11.9 Å². The fourth-order valence-electron chi connectivity index (χ4n) is 1.16. The van der Waals surface area contributed by atoms with E-state index in [4.69, 9.17) is 4.52 Å². The van der Waals surface area contributed by atoms with Crippen LogP contribution in [0.1, 0.15) is 31.9 Å². The van der Waals surface area contributed by atoms with Gasteiger partial charge in [0.25, 0.3) is 0 Å². The molecule has 1 heterocycles. The van der Waals surface area contributed by atoms with Crippen molar-refractivity contribution in [1.82, 2.24) is 10.5 Å². The van der Waals surface area contributed by atoms with Crippen molar-refractivity contribution in [3.8, 4) is 0 Å². The summed E-state index contributed by atoms with van der Waals surface area (Å²) in [6.45, 7) is 4.59. The van der Waals surface area contributed by atoms with Crippen LogP contribution in [0.4, 0.5) is 10.6 Å². The molecule has 0 spiro atoms. The third-order valence-electron chi connectivity index (χ3n) is 1.94. The average molecular weight is 211 g/mol. The Labute approximate surface area is 89.2 Å². The van der Waals surface area contributed by atoms with Crippen LogP contribution in [0.2, 0.25) is 0 Å². The van der Waals surface area contributed by atoms with E-state index in [1.807, 2.05) is 0 Å². The van der Waals surface area contributed by atoms with E-state index in [9.17, 15) is 4.79 Å². The molecule has 1 aromatic heterocycles. The number of hydrogen-bond donors (Lipinski definition) is 2. The maximum Gasteiger partial charge on any atom is 0.320 e. The van der Waals surface area contributed by atoms with Gasteiger partial charge in [0.15, 0.2) is 5.82 Å². The number of urea groups is 1. The number of anilines is 1. The molecule has 0 aliphatic carbocycles. The Bertz CT molecular complexity index is 309. The number of carbonyl (C=O) groups excluding carboxylic acids is 1. The summed E-state index contributed by atoms with van der Waals surface area (Å²) in [4.78, 5) is 11.3. The molecule has 1 aromatic rings. The molecule has 0 aromatic carbocycles. The van der Waals surface area contributed by atoms with Crippen LogP contribution in [-0.2, 0) is 0 Å². The number of aromatic nitrogens is 1. The number of nitrogens with zero attached hydrogens (tertiary/aromatic N) is 1. The van der Waals surface area contributed by atoms with E-state index in [1.54, 1.807) is 13.0 Å². The van der Waals surface area contributed by atoms with Crippen LogP contribution in [0.25, 0.3) is 0 Å². The Morgan fingerprint density at radius 2 is 2.33 bits per heavy atom. The molecule has 0 aliphatic heterocycles. The molecular formula is C10H17N3O2. The second kappa shape index (κ2) is 6.06. The minimum atomic E-state index is -0.237. The number of nitrogens with one attached hydrogen (secondary N) is 2. The number of hydrogen-bond acceptors (Lipinski definition) is 3. The molecule has 0 saturated carbocycles. The quantitative estimate of drug-likeness (QED) is 0.734. The van der Waals surface area contributed by atoms with Crippen LogP contribution < -0.4 is 10.6 Å². The molecule has 0 fully saturated rings. The lowest BCUT2D eigenvalue weighted by molar-refractivity contribution is 0.251. The normalized spacial score (nSPS) is 10.0. The summed E-state index contributed by atoms with van der Waals surface area (Å²) in [6, 6.07) is 1.44. The first-order valence-corrected chi connectivity index (χ1v) is 5.20. The average Bonchev–Trinajstić information content (AvgIpc) is 2.59. The Kier molecular flexibility index (Phi) is 4.66. The van der Waals surface area contributed by atoms with Crippen molar-refractivity contribution < 1.29 is 9.32 Å². The maximum atomic E-state index is 11.3. The first-order valence-electron chi connectivity index (χ1n) is 5.20. The second-order valence-corrected chi connectivity index (χ2v) is 3.41. The van der Waals surface area contributed by atoms with E-state index < -0.39 is 0 Å². The molecule has 0 saturated heterocycles. The van der Waals surface area contributed by atoms with E-state index in [0.717, 1.165) is 19.3 Å². The van der Waals surface area contributed by atoms with Crippen molar-refractivity contribution in [3.05, 3.63) is 11.8 Å². The number of rotatable bonds is 5. The van der Waals surface area contributed by atoms with Crippen molar-refractivity contribution >= 4 is 11.8 Å². The van der Waals surface area contributed by atoms with Crippen LogP contribution in [0, 0.1) is 6.92 Å². The summed E-state index contributed by atoms with van der Waals surface area (Å²) in [7, 11) is 0. The van der Waals surface area contributed by atoms with E-state index >= 15 is 0 Å². The molecule has 1 rings (SSSR count). The largest absolute Gasteiger partial charge is 0.360 e. The molecule has 0 bridgehead atoms. The number of aryl methyl sites for hydroxylation is 1. The van der Waals surface area contributed by atoms with Crippen LogP contribution in [0.3, 0.4) is 0 Å². The molecule has 2 N–H and O–H groups in total. The van der Waals surface area contributed by atoms with Gasteiger partial charge in [-0.1, -0.05) is 24.9 Å². The van der Waals surface area contributed by atoms with Crippen LogP contribution in [-0.4, -0.2) is 17.7 Å². The zero-order valence-corrected chi connectivity index (χ0v) is 9.17. The summed E-state index contributed by atoms with van der Waals surface area (Å²) in [6.07, 6.45) is 3.27. The van der Waals surface area contributed by atoms with Crippen molar-refractivity contribution in [2.45, 2.75) is 33.1 Å². The highest BCUT2D eigenvalue weighted by Crippen LogP contribution is 2.06. The van der Waals surface area contributed by atoms with Crippen molar-refractivity contribution in [1.29, 1.82) is 0 Å². The third-order valence-corrected chi connectivity index (χ3v) is 1.94. The van der Waals surface area contributed by atoms with E-state index in [1.165, 1.54) is 0 Å². The van der Waals surface area contributed by atoms with Gasteiger partial charge in [0.2, 0.25) is 0 Å². The Morgan fingerprint density at radius 3 is 2.93 bits per heavy atom. The van der Waals surface area contributed by atoms with Crippen molar-refractivity contribution in [3.63, 3.8) is 0 Å². The minimum absolute atomic E-state index is 0.237. The van der Waals surface area contributed by atoms with E-state index in [0.29, 0.717) is 18.1 Å². The van der Waals surface area contributed by atoms with Crippen LogP contribution in [0.5, 0.6) is 0 Å². The summed E-state index contributed by atoms with van der Waals surface area (Å²) < 4.78 is 4.82. The summed E-state index contributed by atoms with van der Waals surface area (Å²) in [5.74, 6) is 1.12. The lowest BCUT2D eigenvalue weighted by atomic mass is 10.2. The highest BCUT2D eigenvalue weighted by Gasteiger charge is 2.04. The predicted octanol–water partition coefficient (Wildman–Crippen LogP) is 2.29. The highest BCUT2D eigenvalue weighted by atomic mass is 16.5. The Balaban J connectivity index is 2.18. The van der Waals surface area contributed by atoms with Gasteiger partial charge in [0, 0.05) is 12.6 Å². The summed E-state index contributed by atoms with van der Waals surface area (Å²) >= 11 is 0. The molecule has 0 aliphatic rings. The van der Waals surface area contributed by atoms with E-state index in [2.05, 4.69) is 22.7 Å². The molecule has 0 unspecified atom stereocenters. The first-order chi connectivity index (χ1) is 7.22. The SMILES string of the molecule is CCCCCNC(=O)Nc1cc(C)on1. The smallest absolute Gasteiger partial charge is 0.320 e. The standard InChI is InChI=1S/C10H17N3O2/c1-3-4-5-6-11-10(14)12-9-7-8(2)15-13-9/h7H,3-6H2,1-2H3,(H2,11,12,13,14). The molecule has 2 amide bonds. The zero-order chi connectivity index (χ0) is 11.1. The van der Waals surface area contributed by atoms with Gasteiger partial charge in [-0.25, -0.2) is 4.79 Å². The highest BCUT2D eigenvalue weighted by molar-refractivity contribution is 5.88. The van der Waals surface area contributed by atoms with Crippen LogP contribution >= 0.6 is 0 Å². The first kappa shape index (κ1) is 11.6. The second-order valence-electron chi connectivity index (χ2n) is 3.41. The zero-order valence-electron chi connectivity index (χ0n) is 9.17. The maximum absolute atomic E-state index is 11.3. The van der Waals surface area contributed by atoms with Gasteiger partial charge in [-0.15, -0.1) is 0 Å². The fourth-order valence-corrected chi connectivity index (χ4v) is 1.16. The third kappa shape index (κ3) is 4.49. The monoisotopic (exact) mass is 211 g/mol. The van der Waals surface area contributed by atoms with Gasteiger partial charge in [-0.3, -0.25) is 5.32 Å². The summed E-state index contributed by atoms with van der Waals surface area (Å²) in [5, 5.41) is 8.98. The number of carbonyl (C=O) groups is 1. The molecule has 5 nitrogen and oxygen atoms in total. The molecule has 0 atom stereocenters. The van der Waals surface area contributed by atoms with Gasteiger partial charge < -0.3 is 9.84 Å². The van der Waals surface area contributed by atoms with Crippen molar-refractivity contribution in [2.24, 2.45) is 0 Å². The minimum Gasteiger partial charge on any atom is -0.360 e. The van der Waals surface area contributed by atoms with E-state index in [-0.39, 0.29) is 6.03 Å². The Hall–Kier alpha value is -1.52. The molecule has 15 heavy (non-hydrogen) atoms. The molecular weight excluding hydrogens is 194 g/mol. The molecule has 84 valence electrons. The van der Waals surface area contributed by atoms with Crippen LogP contribution in [0.15, 0.2) is 10.6 Å². The number of amides is 2. The molecule has 5 heteroatoms. The van der Waals surface area contributed by atoms with Gasteiger partial charge in [-0.05, 0) is 13.3 Å². The Morgan fingerprint density at radius 1 is 1.53 bits per heavy atom. The lowest BCUT2D eigenvalue weighted by Gasteiger charge is -2.03. The predicted molar refractivity (Wildman–Crippen MR) is 57.8 cm³/mol. The van der Waals surface area contributed by atoms with Gasteiger partial charge >= 0.3 is 6.03 Å². The molecule has 0 radical (unpaired) electrons. The lowest BCUT2D eigenvalue weighted by Crippen LogP contribution is -2.29. The van der Waals surface area contributed by atoms with Gasteiger partial charge in [0.05, 0.1) is 0 Å². The topological polar surface area (TPSA) is 67.2 Å². The fraction of sp³-hybridized carbons (Fsp3) is 0.600. The number of unbranched alkanes of at least 4 members (excludes halogenated alkanes) is 2. The van der Waals surface area contributed by atoms with Gasteiger partial charge in [0.1, 0.15) is 5.76 Å². The van der Waals surface area contributed by atoms with Gasteiger partial charge in [-0.2, -0.15) is 0 Å². The summed E-state index contributed by atoms with van der Waals surface area (Å²) in [5.41, 5.74) is 0.